The Balaban J connectivity index is 1.51. The van der Waals surface area contributed by atoms with E-state index in [2.05, 4.69) is 62.4 Å². The fourth-order valence-corrected chi connectivity index (χ4v) is 4.55. The van der Waals surface area contributed by atoms with Gasteiger partial charge in [-0.05, 0) is 61.0 Å². The first-order chi connectivity index (χ1) is 12.8. The molecule has 142 valence electrons. The first-order valence-electron chi connectivity index (χ1n) is 9.77. The van der Waals surface area contributed by atoms with Crippen molar-refractivity contribution in [3.05, 3.63) is 59.7 Å². The highest BCUT2D eigenvalue weighted by molar-refractivity contribution is 7.99. The van der Waals surface area contributed by atoms with Gasteiger partial charge in [-0.2, -0.15) is 11.8 Å². The van der Waals surface area contributed by atoms with Crippen LogP contribution in [0.3, 0.4) is 0 Å². The van der Waals surface area contributed by atoms with Crippen molar-refractivity contribution < 1.29 is 4.74 Å². The molecular weight excluding hydrogens is 356 g/mol. The molecule has 0 spiro atoms. The minimum atomic E-state index is 0.831. The molecule has 0 aromatic heterocycles. The fraction of sp³-hybridized carbons (Fsp3) is 0.478. The average Bonchev–Trinajstić information content (AvgIpc) is 2.67. The molecule has 0 aliphatic carbocycles. The van der Waals surface area contributed by atoms with Crippen molar-refractivity contribution in [2.24, 2.45) is 0 Å². The van der Waals surface area contributed by atoms with Gasteiger partial charge in [-0.3, -0.25) is 0 Å². The van der Waals surface area contributed by atoms with Crippen LogP contribution >= 0.6 is 23.5 Å². The topological polar surface area (TPSA) is 9.23 Å². The highest BCUT2D eigenvalue weighted by atomic mass is 32.2. The molecule has 2 aromatic carbocycles. The third-order valence-corrected chi connectivity index (χ3v) is 6.66. The summed E-state index contributed by atoms with van der Waals surface area (Å²) < 4.78 is 5.95. The summed E-state index contributed by atoms with van der Waals surface area (Å²) in [5.41, 5.74) is 2.78. The highest BCUT2D eigenvalue weighted by Crippen LogP contribution is 2.27. The van der Waals surface area contributed by atoms with Gasteiger partial charge in [-0.1, -0.05) is 56.2 Å². The largest absolute Gasteiger partial charge is 0.494 e. The van der Waals surface area contributed by atoms with Crippen LogP contribution in [0.25, 0.3) is 0 Å². The molecule has 0 aliphatic rings. The number of ether oxygens (including phenoxy) is 1. The Bertz CT molecular complexity index is 613. The molecule has 0 unspecified atom stereocenters. The second-order valence-corrected chi connectivity index (χ2v) is 8.82. The zero-order valence-electron chi connectivity index (χ0n) is 16.2. The van der Waals surface area contributed by atoms with Crippen LogP contribution in [0.2, 0.25) is 0 Å². The van der Waals surface area contributed by atoms with Gasteiger partial charge in [0, 0.05) is 10.6 Å². The Morgan fingerprint density at radius 3 is 2.50 bits per heavy atom. The monoisotopic (exact) mass is 388 g/mol. The van der Waals surface area contributed by atoms with E-state index in [1.165, 1.54) is 53.2 Å². The van der Waals surface area contributed by atoms with Crippen molar-refractivity contribution in [3.63, 3.8) is 0 Å². The van der Waals surface area contributed by atoms with E-state index in [1.807, 2.05) is 23.5 Å². The lowest BCUT2D eigenvalue weighted by Crippen LogP contribution is -1.98. The third-order valence-electron chi connectivity index (χ3n) is 4.18. The van der Waals surface area contributed by atoms with E-state index in [0.717, 1.165) is 24.5 Å². The van der Waals surface area contributed by atoms with Crippen LogP contribution in [0.1, 0.15) is 50.2 Å². The van der Waals surface area contributed by atoms with E-state index >= 15 is 0 Å². The van der Waals surface area contributed by atoms with Gasteiger partial charge in [-0.25, -0.2) is 0 Å². The molecule has 0 amide bonds. The van der Waals surface area contributed by atoms with E-state index in [9.17, 15) is 0 Å². The van der Waals surface area contributed by atoms with Crippen molar-refractivity contribution in [3.8, 4) is 5.75 Å². The van der Waals surface area contributed by atoms with E-state index in [0.29, 0.717) is 0 Å². The molecule has 0 saturated heterocycles. The van der Waals surface area contributed by atoms with Crippen LogP contribution in [-0.2, 0) is 5.75 Å². The third kappa shape index (κ3) is 8.55. The molecule has 26 heavy (non-hydrogen) atoms. The maximum Gasteiger partial charge on any atom is 0.120 e. The van der Waals surface area contributed by atoms with Gasteiger partial charge in [-0.15, -0.1) is 11.8 Å². The van der Waals surface area contributed by atoms with Gasteiger partial charge in [0.2, 0.25) is 0 Å². The molecule has 2 rings (SSSR count). The molecule has 0 bridgehead atoms. The van der Waals surface area contributed by atoms with Crippen molar-refractivity contribution in [2.75, 3.05) is 18.1 Å². The van der Waals surface area contributed by atoms with Crippen LogP contribution in [-0.4, -0.2) is 18.1 Å². The lowest BCUT2D eigenvalue weighted by molar-refractivity contribution is 0.304. The summed E-state index contributed by atoms with van der Waals surface area (Å²) in [5, 5.41) is 0. The number of thioether (sulfide) groups is 2. The van der Waals surface area contributed by atoms with Crippen molar-refractivity contribution in [1.29, 1.82) is 0 Å². The number of rotatable bonds is 13. The maximum absolute atomic E-state index is 5.95. The molecule has 0 saturated carbocycles. The Morgan fingerprint density at radius 1 is 0.885 bits per heavy atom. The second-order valence-electron chi connectivity index (χ2n) is 6.58. The molecule has 0 fully saturated rings. The van der Waals surface area contributed by atoms with Crippen LogP contribution < -0.4 is 4.74 Å². The molecule has 2 aromatic rings. The van der Waals surface area contributed by atoms with Crippen LogP contribution in [0.5, 0.6) is 5.75 Å². The van der Waals surface area contributed by atoms with E-state index in [4.69, 9.17) is 4.74 Å². The molecule has 0 heterocycles. The predicted octanol–water partition coefficient (Wildman–Crippen LogP) is 7.37. The molecule has 1 nitrogen and oxygen atoms in total. The normalized spacial score (nSPS) is 10.8. The molecule has 0 radical (unpaired) electrons. The minimum absolute atomic E-state index is 0.831. The van der Waals surface area contributed by atoms with Gasteiger partial charge >= 0.3 is 0 Å². The Hall–Kier alpha value is -1.06. The number of aryl methyl sites for hydroxylation is 1. The molecule has 0 aliphatic heterocycles. The number of hydrogen-bond donors (Lipinski definition) is 0. The van der Waals surface area contributed by atoms with E-state index in [-0.39, 0.29) is 0 Å². The minimum Gasteiger partial charge on any atom is -0.494 e. The molecule has 0 atom stereocenters. The molecular formula is C23H32OS2. The standard InChI is InChI=1S/C23H32OS2/c1-3-16-26-23-18-22(14-13-20(23)2)24-15-9-4-5-10-17-25-19-21-11-7-6-8-12-21/h6-8,11-14,18H,3-5,9-10,15-17,19H2,1-2H3. The van der Waals surface area contributed by atoms with Crippen LogP contribution in [0.15, 0.2) is 53.4 Å². The van der Waals surface area contributed by atoms with Crippen LogP contribution in [0.4, 0.5) is 0 Å². The summed E-state index contributed by atoms with van der Waals surface area (Å²) in [6, 6.07) is 17.2. The first kappa shape index (κ1) is 21.2. The van der Waals surface area contributed by atoms with Gasteiger partial charge in [0.1, 0.15) is 5.75 Å². The Kier molecular flexibility index (Phi) is 10.8. The zero-order chi connectivity index (χ0) is 18.5. The summed E-state index contributed by atoms with van der Waals surface area (Å²) in [5.74, 6) is 4.58. The first-order valence-corrected chi connectivity index (χ1v) is 11.9. The van der Waals surface area contributed by atoms with Gasteiger partial charge in [0.25, 0.3) is 0 Å². The molecule has 0 N–H and O–H groups in total. The van der Waals surface area contributed by atoms with Crippen molar-refractivity contribution in [1.82, 2.24) is 0 Å². The zero-order valence-corrected chi connectivity index (χ0v) is 17.8. The second kappa shape index (κ2) is 13.2. The Morgan fingerprint density at radius 2 is 1.69 bits per heavy atom. The fourth-order valence-electron chi connectivity index (χ4n) is 2.65. The summed E-state index contributed by atoms with van der Waals surface area (Å²) in [6.45, 7) is 5.23. The van der Waals surface area contributed by atoms with Crippen LogP contribution in [0, 0.1) is 6.92 Å². The highest BCUT2D eigenvalue weighted by Gasteiger charge is 2.02. The van der Waals surface area contributed by atoms with Gasteiger partial charge < -0.3 is 4.74 Å². The SMILES string of the molecule is CCCSc1cc(OCCCCCCSCc2ccccc2)ccc1C. The Labute approximate surface area is 168 Å². The lowest BCUT2D eigenvalue weighted by Gasteiger charge is -2.10. The smallest absolute Gasteiger partial charge is 0.120 e. The summed E-state index contributed by atoms with van der Waals surface area (Å²) in [7, 11) is 0. The number of benzene rings is 2. The van der Waals surface area contributed by atoms with Gasteiger partial charge in [0.15, 0.2) is 0 Å². The summed E-state index contributed by atoms with van der Waals surface area (Å²) in [6.07, 6.45) is 6.22. The van der Waals surface area contributed by atoms with Crippen molar-refractivity contribution >= 4 is 23.5 Å². The summed E-state index contributed by atoms with van der Waals surface area (Å²) >= 11 is 3.97. The molecule has 3 heteroatoms. The van der Waals surface area contributed by atoms with E-state index < -0.39 is 0 Å². The number of unbranched alkanes of at least 4 members (excludes halogenated alkanes) is 3. The summed E-state index contributed by atoms with van der Waals surface area (Å²) in [4.78, 5) is 1.36. The quantitative estimate of drug-likeness (QED) is 0.262. The average molecular weight is 389 g/mol. The van der Waals surface area contributed by atoms with E-state index in [1.54, 1.807) is 0 Å². The number of hydrogen-bond acceptors (Lipinski definition) is 3. The maximum atomic E-state index is 5.95. The predicted molar refractivity (Wildman–Crippen MR) is 119 cm³/mol. The van der Waals surface area contributed by atoms with Crippen molar-refractivity contribution in [2.45, 2.75) is 56.6 Å². The lowest BCUT2D eigenvalue weighted by atomic mass is 10.2. The van der Waals surface area contributed by atoms with Gasteiger partial charge in [0.05, 0.1) is 6.61 Å².